The Morgan fingerprint density at radius 2 is 2.11 bits per heavy atom. The van der Waals surface area contributed by atoms with Crippen LogP contribution in [0.2, 0.25) is 5.02 Å². The van der Waals surface area contributed by atoms with Crippen LogP contribution in [0.4, 0.5) is 0 Å². The molecule has 0 unspecified atom stereocenters. The van der Waals surface area contributed by atoms with Crippen molar-refractivity contribution >= 4 is 41.1 Å². The largest absolute Gasteiger partial charge is 0.350 e. The lowest BCUT2D eigenvalue weighted by Crippen LogP contribution is -2.25. The van der Waals surface area contributed by atoms with Gasteiger partial charge in [0.1, 0.15) is 5.69 Å². The van der Waals surface area contributed by atoms with Crippen molar-refractivity contribution in [2.45, 2.75) is 6.42 Å². The molecule has 18 heavy (non-hydrogen) atoms. The summed E-state index contributed by atoms with van der Waals surface area (Å²) >= 11 is 12.1. The van der Waals surface area contributed by atoms with Crippen molar-refractivity contribution in [3.63, 3.8) is 0 Å². The molecule has 2 aromatic rings. The van der Waals surface area contributed by atoms with Gasteiger partial charge in [0.25, 0.3) is 5.91 Å². The second-order valence-electron chi connectivity index (χ2n) is 3.69. The quantitative estimate of drug-likeness (QED) is 0.849. The third kappa shape index (κ3) is 3.66. The number of aromatic amines is 1. The van der Waals surface area contributed by atoms with Gasteiger partial charge >= 0.3 is 0 Å². The number of hydrogen-bond donors (Lipinski definition) is 2. The van der Waals surface area contributed by atoms with Crippen LogP contribution in [0.3, 0.4) is 0 Å². The molecule has 0 aliphatic carbocycles. The summed E-state index contributed by atoms with van der Waals surface area (Å²) in [6.07, 6.45) is 0.772. The Bertz CT molecular complexity index is 589. The predicted molar refractivity (Wildman–Crippen MR) is 77.0 cm³/mol. The van der Waals surface area contributed by atoms with E-state index in [2.05, 4.69) is 10.3 Å². The summed E-state index contributed by atoms with van der Waals surface area (Å²) in [7, 11) is 0. The number of nitrogens with one attached hydrogen (secondary N) is 2. The molecule has 0 radical (unpaired) electrons. The second-order valence-corrected chi connectivity index (χ2v) is 5.68. The number of thiazole rings is 1. The minimum Gasteiger partial charge on any atom is -0.350 e. The van der Waals surface area contributed by atoms with Crippen LogP contribution in [-0.4, -0.2) is 17.4 Å². The number of hydrogen-bond acceptors (Lipinski definition) is 3. The fraction of sp³-hybridized carbons (Fsp3) is 0.167. The van der Waals surface area contributed by atoms with Crippen molar-refractivity contribution in [3.8, 4) is 0 Å². The van der Waals surface area contributed by atoms with Gasteiger partial charge in [-0.2, -0.15) is 0 Å². The van der Waals surface area contributed by atoms with Gasteiger partial charge in [-0.05, 0) is 36.3 Å². The van der Waals surface area contributed by atoms with Crippen LogP contribution in [0, 0.1) is 3.95 Å². The summed E-state index contributed by atoms with van der Waals surface area (Å²) in [5.74, 6) is -0.128. The van der Waals surface area contributed by atoms with Gasteiger partial charge in [0.15, 0.2) is 3.95 Å². The molecule has 94 valence electrons. The fourth-order valence-corrected chi connectivity index (χ4v) is 2.40. The zero-order valence-electron chi connectivity index (χ0n) is 9.40. The van der Waals surface area contributed by atoms with Crippen LogP contribution in [0.1, 0.15) is 16.1 Å². The number of H-pyrrole nitrogens is 1. The Labute approximate surface area is 119 Å². The summed E-state index contributed by atoms with van der Waals surface area (Å²) < 4.78 is 0.609. The minimum absolute atomic E-state index is 0.128. The van der Waals surface area contributed by atoms with E-state index in [1.54, 1.807) is 5.38 Å². The lowest BCUT2D eigenvalue weighted by atomic mass is 10.1. The summed E-state index contributed by atoms with van der Waals surface area (Å²) in [4.78, 5) is 14.5. The second kappa shape index (κ2) is 6.13. The molecule has 1 heterocycles. The molecule has 1 aromatic heterocycles. The normalized spacial score (nSPS) is 10.3. The first-order chi connectivity index (χ1) is 8.65. The number of benzene rings is 1. The molecule has 1 aromatic carbocycles. The van der Waals surface area contributed by atoms with Gasteiger partial charge < -0.3 is 10.3 Å². The Morgan fingerprint density at radius 1 is 1.39 bits per heavy atom. The van der Waals surface area contributed by atoms with Crippen LogP contribution in [0.25, 0.3) is 0 Å². The molecule has 0 fully saturated rings. The summed E-state index contributed by atoms with van der Waals surface area (Å²) in [6.45, 7) is 0.580. The van der Waals surface area contributed by atoms with E-state index in [1.807, 2.05) is 24.3 Å². The standard InChI is InChI=1S/C12H11ClN2OS2/c13-9-3-1-8(2-4-9)5-6-14-11(16)10-7-18-12(17)15-10/h1-4,7H,5-6H2,(H,14,16)(H,15,17). The number of amides is 1. The van der Waals surface area contributed by atoms with E-state index >= 15 is 0 Å². The summed E-state index contributed by atoms with van der Waals surface area (Å²) in [6, 6.07) is 7.59. The number of aromatic nitrogens is 1. The molecular formula is C12H11ClN2OS2. The van der Waals surface area contributed by atoms with Gasteiger partial charge in [-0.25, -0.2) is 0 Å². The summed E-state index contributed by atoms with van der Waals surface area (Å²) in [5.41, 5.74) is 1.65. The van der Waals surface area contributed by atoms with Gasteiger partial charge in [-0.3, -0.25) is 4.79 Å². The fourth-order valence-electron chi connectivity index (χ4n) is 1.46. The number of carbonyl (C=O) groups is 1. The average Bonchev–Trinajstić information content (AvgIpc) is 2.78. The molecule has 2 N–H and O–H groups in total. The van der Waals surface area contributed by atoms with Crippen molar-refractivity contribution in [1.82, 2.24) is 10.3 Å². The predicted octanol–water partition coefficient (Wildman–Crippen LogP) is 3.43. The Hall–Kier alpha value is -1.17. The zero-order valence-corrected chi connectivity index (χ0v) is 11.8. The van der Waals surface area contributed by atoms with Gasteiger partial charge in [0.05, 0.1) is 0 Å². The van der Waals surface area contributed by atoms with Gasteiger partial charge in [0, 0.05) is 16.9 Å². The number of carbonyl (C=O) groups excluding carboxylic acids is 1. The Balaban J connectivity index is 1.83. The highest BCUT2D eigenvalue weighted by Gasteiger charge is 2.05. The molecule has 0 spiro atoms. The van der Waals surface area contributed by atoms with Crippen molar-refractivity contribution in [2.24, 2.45) is 0 Å². The smallest absolute Gasteiger partial charge is 0.268 e. The Kier molecular flexibility index (Phi) is 4.52. The average molecular weight is 299 g/mol. The molecule has 3 nitrogen and oxygen atoms in total. The highest BCUT2D eigenvalue weighted by molar-refractivity contribution is 7.73. The first-order valence-electron chi connectivity index (χ1n) is 5.35. The van der Waals surface area contributed by atoms with E-state index in [0.29, 0.717) is 21.2 Å². The van der Waals surface area contributed by atoms with Crippen LogP contribution >= 0.6 is 35.2 Å². The Morgan fingerprint density at radius 3 is 2.72 bits per heavy atom. The molecule has 0 aliphatic heterocycles. The van der Waals surface area contributed by atoms with Crippen LogP contribution in [0.15, 0.2) is 29.6 Å². The van der Waals surface area contributed by atoms with E-state index in [9.17, 15) is 4.79 Å². The van der Waals surface area contributed by atoms with Crippen molar-refractivity contribution < 1.29 is 4.79 Å². The molecule has 1 amide bonds. The van der Waals surface area contributed by atoms with E-state index < -0.39 is 0 Å². The first-order valence-corrected chi connectivity index (χ1v) is 7.02. The monoisotopic (exact) mass is 298 g/mol. The van der Waals surface area contributed by atoms with E-state index in [1.165, 1.54) is 11.3 Å². The van der Waals surface area contributed by atoms with E-state index in [4.69, 9.17) is 23.8 Å². The molecule has 6 heteroatoms. The third-order valence-corrected chi connectivity index (χ3v) is 3.69. The topological polar surface area (TPSA) is 44.9 Å². The maximum absolute atomic E-state index is 11.7. The third-order valence-electron chi connectivity index (χ3n) is 2.38. The van der Waals surface area contributed by atoms with Crippen molar-refractivity contribution in [1.29, 1.82) is 0 Å². The first kappa shape index (κ1) is 13.3. The maximum atomic E-state index is 11.7. The van der Waals surface area contributed by atoms with Crippen molar-refractivity contribution in [3.05, 3.63) is 49.9 Å². The highest BCUT2D eigenvalue weighted by Crippen LogP contribution is 2.09. The lowest BCUT2D eigenvalue weighted by molar-refractivity contribution is 0.0950. The molecule has 0 atom stereocenters. The number of halogens is 1. The molecule has 2 rings (SSSR count). The molecule has 0 aliphatic rings. The van der Waals surface area contributed by atoms with Gasteiger partial charge in [-0.1, -0.05) is 23.7 Å². The highest BCUT2D eigenvalue weighted by atomic mass is 35.5. The van der Waals surface area contributed by atoms with E-state index in [-0.39, 0.29) is 5.91 Å². The van der Waals surface area contributed by atoms with Gasteiger partial charge in [-0.15, -0.1) is 11.3 Å². The zero-order chi connectivity index (χ0) is 13.0. The maximum Gasteiger partial charge on any atom is 0.268 e. The molecule has 0 saturated heterocycles. The molecule has 0 saturated carbocycles. The van der Waals surface area contributed by atoms with Crippen LogP contribution < -0.4 is 5.32 Å². The van der Waals surface area contributed by atoms with Crippen LogP contribution in [-0.2, 0) is 6.42 Å². The SMILES string of the molecule is O=C(NCCc1ccc(Cl)cc1)c1csc(=S)[nH]1. The van der Waals surface area contributed by atoms with Gasteiger partial charge in [0.2, 0.25) is 0 Å². The number of rotatable bonds is 4. The van der Waals surface area contributed by atoms with Crippen molar-refractivity contribution in [2.75, 3.05) is 6.54 Å². The summed E-state index contributed by atoms with van der Waals surface area (Å²) in [5, 5.41) is 5.27. The van der Waals surface area contributed by atoms with E-state index in [0.717, 1.165) is 12.0 Å². The minimum atomic E-state index is -0.128. The lowest BCUT2D eigenvalue weighted by Gasteiger charge is -2.04. The molecule has 0 bridgehead atoms. The molecular weight excluding hydrogens is 288 g/mol. The van der Waals surface area contributed by atoms with Crippen LogP contribution in [0.5, 0.6) is 0 Å².